The van der Waals surface area contributed by atoms with Crippen LogP contribution in [0.25, 0.3) is 0 Å². The van der Waals surface area contributed by atoms with Gasteiger partial charge in [0.25, 0.3) is 5.91 Å². The van der Waals surface area contributed by atoms with Gasteiger partial charge in [0, 0.05) is 21.1 Å². The first-order chi connectivity index (χ1) is 12.7. The Kier molecular flexibility index (Phi) is 7.11. The summed E-state index contributed by atoms with van der Waals surface area (Å²) >= 11 is 12.0. The third-order valence-electron chi connectivity index (χ3n) is 3.45. The summed E-state index contributed by atoms with van der Waals surface area (Å²) in [6.07, 6.45) is 0. The molecule has 2 amide bonds. The van der Waals surface area contributed by atoms with Crippen molar-refractivity contribution in [2.75, 3.05) is 6.54 Å². The summed E-state index contributed by atoms with van der Waals surface area (Å²) < 4.78 is 5.76. The van der Waals surface area contributed by atoms with Crippen LogP contribution in [0.5, 0.6) is 5.75 Å². The molecule has 0 aromatic heterocycles. The molecule has 7 heteroatoms. The van der Waals surface area contributed by atoms with E-state index in [1.807, 2.05) is 20.8 Å². The maximum absolute atomic E-state index is 12.4. The number of carbonyl (C=O) groups excluding carboxylic acids is 2. The Labute approximate surface area is 169 Å². The summed E-state index contributed by atoms with van der Waals surface area (Å²) in [6, 6.07) is 11.9. The fourth-order valence-electron chi connectivity index (χ4n) is 2.29. The van der Waals surface area contributed by atoms with Crippen molar-refractivity contribution in [3.05, 3.63) is 63.6 Å². The number of nitrogens with one attached hydrogen (secondary N) is 2. The van der Waals surface area contributed by atoms with E-state index in [0.29, 0.717) is 21.4 Å². The molecule has 0 fully saturated rings. The molecule has 2 aromatic carbocycles. The minimum Gasteiger partial charge on any atom is -0.488 e. The van der Waals surface area contributed by atoms with Crippen LogP contribution in [0.2, 0.25) is 10.0 Å². The van der Waals surface area contributed by atoms with Gasteiger partial charge >= 0.3 is 0 Å². The lowest BCUT2D eigenvalue weighted by atomic mass is 10.1. The van der Waals surface area contributed by atoms with Gasteiger partial charge in [-0.2, -0.15) is 0 Å². The van der Waals surface area contributed by atoms with E-state index in [2.05, 4.69) is 10.6 Å². The first-order valence-electron chi connectivity index (χ1n) is 8.41. The van der Waals surface area contributed by atoms with Crippen molar-refractivity contribution in [1.29, 1.82) is 0 Å². The molecule has 0 spiro atoms. The van der Waals surface area contributed by atoms with E-state index < -0.39 is 5.91 Å². The minimum atomic E-state index is -0.392. The molecule has 0 atom stereocenters. The lowest BCUT2D eigenvalue weighted by Crippen LogP contribution is -2.45. The first kappa shape index (κ1) is 21.1. The lowest BCUT2D eigenvalue weighted by Gasteiger charge is -2.20. The van der Waals surface area contributed by atoms with Gasteiger partial charge in [-0.3, -0.25) is 9.59 Å². The van der Waals surface area contributed by atoms with Crippen LogP contribution in [0.3, 0.4) is 0 Å². The fourth-order valence-corrected chi connectivity index (χ4v) is 2.76. The monoisotopic (exact) mass is 408 g/mol. The van der Waals surface area contributed by atoms with Crippen LogP contribution >= 0.6 is 23.2 Å². The standard InChI is InChI=1S/C20H22Cl2N2O3/c1-20(2,3)24-18(25)11-23-19(26)15-6-4-5-7-17(15)27-12-13-8-9-14(21)10-16(13)22/h4-10H,11-12H2,1-3H3,(H,23,26)(H,24,25). The molecule has 2 N–H and O–H groups in total. The SMILES string of the molecule is CC(C)(C)NC(=O)CNC(=O)c1ccccc1OCc1ccc(Cl)cc1Cl. The third-order valence-corrected chi connectivity index (χ3v) is 4.04. The second kappa shape index (κ2) is 9.11. The van der Waals surface area contributed by atoms with Crippen molar-refractivity contribution in [1.82, 2.24) is 10.6 Å². The topological polar surface area (TPSA) is 67.4 Å². The largest absolute Gasteiger partial charge is 0.488 e. The molecule has 27 heavy (non-hydrogen) atoms. The Morgan fingerprint density at radius 3 is 2.44 bits per heavy atom. The average Bonchev–Trinajstić information content (AvgIpc) is 2.58. The summed E-state index contributed by atoms with van der Waals surface area (Å²) in [5, 5.41) is 6.42. The molecule has 0 aliphatic carbocycles. The fraction of sp³-hybridized carbons (Fsp3) is 0.300. The number of carbonyl (C=O) groups is 2. The predicted molar refractivity (Wildman–Crippen MR) is 107 cm³/mol. The molecule has 2 aromatic rings. The zero-order valence-corrected chi connectivity index (χ0v) is 16.9. The van der Waals surface area contributed by atoms with Crippen LogP contribution in [-0.4, -0.2) is 23.9 Å². The van der Waals surface area contributed by atoms with E-state index >= 15 is 0 Å². The number of ether oxygens (including phenoxy) is 1. The highest BCUT2D eigenvalue weighted by Crippen LogP contribution is 2.24. The van der Waals surface area contributed by atoms with E-state index in [1.165, 1.54) is 0 Å². The summed E-state index contributed by atoms with van der Waals surface area (Å²) in [7, 11) is 0. The maximum atomic E-state index is 12.4. The van der Waals surface area contributed by atoms with Crippen molar-refractivity contribution in [3.8, 4) is 5.75 Å². The number of hydrogen-bond acceptors (Lipinski definition) is 3. The smallest absolute Gasteiger partial charge is 0.255 e. The Morgan fingerprint density at radius 2 is 1.78 bits per heavy atom. The van der Waals surface area contributed by atoms with E-state index in [1.54, 1.807) is 42.5 Å². The van der Waals surface area contributed by atoms with Crippen molar-refractivity contribution in [3.63, 3.8) is 0 Å². The highest BCUT2D eigenvalue weighted by Gasteiger charge is 2.17. The van der Waals surface area contributed by atoms with Gasteiger partial charge in [0.1, 0.15) is 12.4 Å². The van der Waals surface area contributed by atoms with E-state index in [-0.39, 0.29) is 24.6 Å². The van der Waals surface area contributed by atoms with Crippen LogP contribution in [0.4, 0.5) is 0 Å². The quantitative estimate of drug-likeness (QED) is 0.751. The molecule has 0 aliphatic heterocycles. The average molecular weight is 409 g/mol. The van der Waals surface area contributed by atoms with Crippen molar-refractivity contribution in [2.24, 2.45) is 0 Å². The second-order valence-corrected chi connectivity index (χ2v) is 7.85. The van der Waals surface area contributed by atoms with Crippen molar-refractivity contribution in [2.45, 2.75) is 32.9 Å². The van der Waals surface area contributed by atoms with Gasteiger partial charge in [-0.05, 0) is 45.0 Å². The predicted octanol–water partition coefficient (Wildman–Crippen LogP) is 4.22. The summed E-state index contributed by atoms with van der Waals surface area (Å²) in [5.41, 5.74) is 0.729. The molecule has 0 bridgehead atoms. The molecule has 0 heterocycles. The van der Waals surface area contributed by atoms with Crippen LogP contribution in [-0.2, 0) is 11.4 Å². The maximum Gasteiger partial charge on any atom is 0.255 e. The third kappa shape index (κ3) is 6.77. The summed E-state index contributed by atoms with van der Waals surface area (Å²) in [6.45, 7) is 5.69. The number of amides is 2. The van der Waals surface area contributed by atoms with Crippen LogP contribution in [0.1, 0.15) is 36.7 Å². The minimum absolute atomic E-state index is 0.118. The van der Waals surface area contributed by atoms with Crippen LogP contribution in [0.15, 0.2) is 42.5 Å². The van der Waals surface area contributed by atoms with Gasteiger partial charge in [-0.25, -0.2) is 0 Å². The Bertz CT molecular complexity index is 832. The van der Waals surface area contributed by atoms with Crippen molar-refractivity contribution < 1.29 is 14.3 Å². The molecular formula is C20H22Cl2N2O3. The van der Waals surface area contributed by atoms with E-state index in [9.17, 15) is 9.59 Å². The Morgan fingerprint density at radius 1 is 1.07 bits per heavy atom. The zero-order valence-electron chi connectivity index (χ0n) is 15.4. The first-order valence-corrected chi connectivity index (χ1v) is 9.16. The highest BCUT2D eigenvalue weighted by atomic mass is 35.5. The Balaban J connectivity index is 2.02. The summed E-state index contributed by atoms with van der Waals surface area (Å²) in [5.74, 6) is -0.253. The zero-order chi connectivity index (χ0) is 20.0. The van der Waals surface area contributed by atoms with Crippen LogP contribution < -0.4 is 15.4 Å². The number of hydrogen-bond donors (Lipinski definition) is 2. The summed E-state index contributed by atoms with van der Waals surface area (Å²) in [4.78, 5) is 24.3. The molecule has 0 saturated heterocycles. The van der Waals surface area contributed by atoms with E-state index in [0.717, 1.165) is 5.56 Å². The number of rotatable bonds is 6. The highest BCUT2D eigenvalue weighted by molar-refractivity contribution is 6.35. The van der Waals surface area contributed by atoms with Gasteiger partial charge in [-0.15, -0.1) is 0 Å². The van der Waals surface area contributed by atoms with Gasteiger partial charge in [0.15, 0.2) is 0 Å². The number of halogens is 2. The van der Waals surface area contributed by atoms with E-state index in [4.69, 9.17) is 27.9 Å². The molecule has 0 aliphatic rings. The molecule has 0 saturated carbocycles. The van der Waals surface area contributed by atoms with Gasteiger partial charge in [-0.1, -0.05) is 41.4 Å². The number of para-hydroxylation sites is 1. The Hall–Kier alpha value is -2.24. The van der Waals surface area contributed by atoms with Gasteiger partial charge in [0.2, 0.25) is 5.91 Å². The lowest BCUT2D eigenvalue weighted by molar-refractivity contribution is -0.121. The second-order valence-electron chi connectivity index (χ2n) is 7.00. The van der Waals surface area contributed by atoms with Gasteiger partial charge < -0.3 is 15.4 Å². The molecule has 144 valence electrons. The van der Waals surface area contributed by atoms with Gasteiger partial charge in [0.05, 0.1) is 12.1 Å². The molecule has 5 nitrogen and oxygen atoms in total. The molecule has 0 radical (unpaired) electrons. The van der Waals surface area contributed by atoms with Crippen LogP contribution in [0, 0.1) is 0 Å². The number of benzene rings is 2. The van der Waals surface area contributed by atoms with Crippen molar-refractivity contribution >= 4 is 35.0 Å². The molecule has 0 unspecified atom stereocenters. The molecule has 2 rings (SSSR count). The molecular weight excluding hydrogens is 387 g/mol. The normalized spacial score (nSPS) is 11.0.